The predicted octanol–water partition coefficient (Wildman–Crippen LogP) is 1.45. The second-order valence-electron chi connectivity index (χ2n) is 3.39. The van der Waals surface area contributed by atoms with Crippen LogP contribution in [0.1, 0.15) is 31.3 Å². The van der Waals surface area contributed by atoms with Crippen LogP contribution in [0.2, 0.25) is 0 Å². The van der Waals surface area contributed by atoms with Crippen molar-refractivity contribution >= 4 is 11.7 Å². The lowest BCUT2D eigenvalue weighted by molar-refractivity contribution is 0.536. The number of nitrogens with one attached hydrogen (secondary N) is 1. The van der Waals surface area contributed by atoms with Crippen molar-refractivity contribution in [2.45, 2.75) is 26.4 Å². The lowest BCUT2D eigenvalue weighted by Gasteiger charge is -2.16. The highest BCUT2D eigenvalue weighted by atomic mass is 32.1. The van der Waals surface area contributed by atoms with Crippen LogP contribution < -0.4 is 5.32 Å². The van der Waals surface area contributed by atoms with E-state index >= 15 is 0 Å². The Morgan fingerprint density at radius 1 is 1.50 bits per heavy atom. The molecule has 0 aliphatic carbocycles. The summed E-state index contributed by atoms with van der Waals surface area (Å²) in [6.07, 6.45) is 3.63. The van der Waals surface area contributed by atoms with Crippen LogP contribution in [0, 0.1) is 0 Å². The lowest BCUT2D eigenvalue weighted by Crippen LogP contribution is -2.25. The Hall–Kier alpha value is -1.27. The molecule has 1 unspecified atom stereocenters. The number of hydrogen-bond donors (Lipinski definition) is 1. The fraction of sp³-hybridized carbons (Fsp3) is 0.500. The van der Waals surface area contributed by atoms with Crippen LogP contribution in [-0.4, -0.2) is 25.1 Å². The molecule has 0 saturated heterocycles. The van der Waals surface area contributed by atoms with Gasteiger partial charge < -0.3 is 5.32 Å². The molecule has 0 fully saturated rings. The third-order valence-corrected chi connectivity index (χ3v) is 2.92. The molecule has 0 saturated carbocycles. The Balaban J connectivity index is 2.33. The van der Waals surface area contributed by atoms with E-state index < -0.39 is 0 Å². The summed E-state index contributed by atoms with van der Waals surface area (Å²) < 4.78 is 10.3. The first kappa shape index (κ1) is 11.2. The normalized spacial score (nSPS) is 12.9. The molecule has 2 aromatic heterocycles. The van der Waals surface area contributed by atoms with E-state index in [4.69, 9.17) is 0 Å². The zero-order valence-corrected chi connectivity index (χ0v) is 10.2. The molecule has 6 heteroatoms. The van der Waals surface area contributed by atoms with Crippen molar-refractivity contribution in [3.63, 3.8) is 0 Å². The van der Waals surface area contributed by atoms with E-state index in [9.17, 15) is 0 Å². The molecular weight excluding hydrogens is 222 g/mol. The van der Waals surface area contributed by atoms with Crippen molar-refractivity contribution in [2.75, 3.05) is 6.54 Å². The summed E-state index contributed by atoms with van der Waals surface area (Å²) >= 11 is 1.23. The Kier molecular flexibility index (Phi) is 3.63. The molecule has 0 aromatic carbocycles. The molecule has 0 aliphatic heterocycles. The monoisotopic (exact) mass is 237 g/mol. The van der Waals surface area contributed by atoms with E-state index in [1.54, 1.807) is 0 Å². The first-order valence-electron chi connectivity index (χ1n) is 5.39. The van der Waals surface area contributed by atoms with Gasteiger partial charge in [-0.15, -0.1) is 0 Å². The molecular formula is C10H15N5S. The first-order chi connectivity index (χ1) is 7.86. The third-order valence-electron chi connectivity index (χ3n) is 2.43. The Labute approximate surface area is 98.8 Å². The van der Waals surface area contributed by atoms with Gasteiger partial charge in [0.15, 0.2) is 0 Å². The maximum atomic E-state index is 4.29. The minimum absolute atomic E-state index is 0.0891. The van der Waals surface area contributed by atoms with Crippen LogP contribution >= 0.6 is 11.7 Å². The highest BCUT2D eigenvalue weighted by molar-refractivity contribution is 6.99. The summed E-state index contributed by atoms with van der Waals surface area (Å²) in [5.74, 6) is 0. The molecule has 0 radical (unpaired) electrons. The molecule has 86 valence electrons. The quantitative estimate of drug-likeness (QED) is 0.855. The standard InChI is InChI=1S/C10H15N5S/c1-3-11-10(8-7-13-16-14-8)9-5-6-12-15(9)4-2/h5-7,10-11H,3-4H2,1-2H3. The molecule has 0 aliphatic rings. The summed E-state index contributed by atoms with van der Waals surface area (Å²) in [5.41, 5.74) is 2.10. The van der Waals surface area contributed by atoms with E-state index in [0.29, 0.717) is 0 Å². The Morgan fingerprint density at radius 2 is 2.38 bits per heavy atom. The molecule has 0 bridgehead atoms. The fourth-order valence-electron chi connectivity index (χ4n) is 1.72. The SMILES string of the molecule is CCNC(c1cnsn1)c1ccnn1CC. The average molecular weight is 237 g/mol. The number of rotatable bonds is 5. The fourth-order valence-corrected chi connectivity index (χ4v) is 2.17. The van der Waals surface area contributed by atoms with E-state index in [2.05, 4.69) is 33.0 Å². The first-order valence-corrected chi connectivity index (χ1v) is 6.12. The Morgan fingerprint density at radius 3 is 3.00 bits per heavy atom. The van der Waals surface area contributed by atoms with Gasteiger partial charge in [-0.25, -0.2) is 0 Å². The van der Waals surface area contributed by atoms with Crippen molar-refractivity contribution < 1.29 is 0 Å². The Bertz CT molecular complexity index is 422. The lowest BCUT2D eigenvalue weighted by atomic mass is 10.1. The summed E-state index contributed by atoms with van der Waals surface area (Å²) in [7, 11) is 0. The largest absolute Gasteiger partial charge is 0.304 e. The zero-order valence-electron chi connectivity index (χ0n) is 9.42. The van der Waals surface area contributed by atoms with Crippen molar-refractivity contribution in [1.82, 2.24) is 23.8 Å². The summed E-state index contributed by atoms with van der Waals surface area (Å²) in [5, 5.41) is 7.69. The van der Waals surface area contributed by atoms with Crippen molar-refractivity contribution in [3.8, 4) is 0 Å². The van der Waals surface area contributed by atoms with Gasteiger partial charge in [0.2, 0.25) is 0 Å². The predicted molar refractivity (Wildman–Crippen MR) is 63.3 cm³/mol. The smallest absolute Gasteiger partial charge is 0.0973 e. The number of aryl methyl sites for hydroxylation is 1. The van der Waals surface area contributed by atoms with Crippen LogP contribution in [0.25, 0.3) is 0 Å². The molecule has 2 heterocycles. The van der Waals surface area contributed by atoms with Crippen molar-refractivity contribution in [3.05, 3.63) is 29.8 Å². The average Bonchev–Trinajstić information content (AvgIpc) is 2.96. The van der Waals surface area contributed by atoms with Gasteiger partial charge in [0.1, 0.15) is 0 Å². The number of aromatic nitrogens is 4. The van der Waals surface area contributed by atoms with E-state index in [-0.39, 0.29) is 6.04 Å². The molecule has 0 amide bonds. The van der Waals surface area contributed by atoms with Crippen molar-refractivity contribution in [2.24, 2.45) is 0 Å². The van der Waals surface area contributed by atoms with Gasteiger partial charge in [0, 0.05) is 12.7 Å². The van der Waals surface area contributed by atoms with Crippen LogP contribution in [-0.2, 0) is 6.54 Å². The highest BCUT2D eigenvalue weighted by Crippen LogP contribution is 2.20. The van der Waals surface area contributed by atoms with Gasteiger partial charge in [-0.2, -0.15) is 13.8 Å². The summed E-state index contributed by atoms with van der Waals surface area (Å²) in [6.45, 7) is 5.91. The molecule has 1 N–H and O–H groups in total. The van der Waals surface area contributed by atoms with Crippen LogP contribution in [0.15, 0.2) is 18.5 Å². The third kappa shape index (κ3) is 2.12. The number of hydrogen-bond acceptors (Lipinski definition) is 5. The van der Waals surface area contributed by atoms with Gasteiger partial charge in [0.05, 0.1) is 35.4 Å². The zero-order chi connectivity index (χ0) is 11.4. The second-order valence-corrected chi connectivity index (χ2v) is 3.95. The minimum atomic E-state index is 0.0891. The van der Waals surface area contributed by atoms with E-state index in [0.717, 1.165) is 24.5 Å². The van der Waals surface area contributed by atoms with Gasteiger partial charge in [0.25, 0.3) is 0 Å². The van der Waals surface area contributed by atoms with Crippen LogP contribution in [0.3, 0.4) is 0 Å². The number of nitrogens with zero attached hydrogens (tertiary/aromatic N) is 4. The highest BCUT2D eigenvalue weighted by Gasteiger charge is 2.19. The maximum Gasteiger partial charge on any atom is 0.0973 e. The van der Waals surface area contributed by atoms with E-state index in [1.165, 1.54) is 11.7 Å². The van der Waals surface area contributed by atoms with Gasteiger partial charge in [-0.1, -0.05) is 6.92 Å². The van der Waals surface area contributed by atoms with Gasteiger partial charge in [-0.3, -0.25) is 4.68 Å². The summed E-state index contributed by atoms with van der Waals surface area (Å²) in [6, 6.07) is 2.11. The summed E-state index contributed by atoms with van der Waals surface area (Å²) in [4.78, 5) is 0. The van der Waals surface area contributed by atoms with Crippen LogP contribution in [0.4, 0.5) is 0 Å². The topological polar surface area (TPSA) is 55.6 Å². The van der Waals surface area contributed by atoms with Gasteiger partial charge in [-0.05, 0) is 19.5 Å². The molecule has 2 rings (SSSR count). The molecule has 2 aromatic rings. The van der Waals surface area contributed by atoms with E-state index in [1.807, 2.05) is 23.1 Å². The minimum Gasteiger partial charge on any atom is -0.304 e. The van der Waals surface area contributed by atoms with Gasteiger partial charge >= 0.3 is 0 Å². The molecule has 5 nitrogen and oxygen atoms in total. The van der Waals surface area contributed by atoms with Crippen molar-refractivity contribution in [1.29, 1.82) is 0 Å². The molecule has 0 spiro atoms. The van der Waals surface area contributed by atoms with Crippen LogP contribution in [0.5, 0.6) is 0 Å². The maximum absolute atomic E-state index is 4.29. The molecule has 16 heavy (non-hydrogen) atoms. The molecule has 1 atom stereocenters. The second kappa shape index (κ2) is 5.18.